The predicted octanol–water partition coefficient (Wildman–Crippen LogP) is 1.02. The minimum absolute atomic E-state index is 0.0197. The van der Waals surface area contributed by atoms with Crippen molar-refractivity contribution in [1.82, 2.24) is 5.32 Å². The topological polar surface area (TPSA) is 72.2 Å². The molecule has 0 saturated heterocycles. The molecule has 0 aromatic rings. The largest absolute Gasteiger partial charge is 0.370 e. The number of nitrogens with two attached hydrogens (primary N) is 1. The summed E-state index contributed by atoms with van der Waals surface area (Å²) in [5, 5.41) is 2.79. The summed E-state index contributed by atoms with van der Waals surface area (Å²) in [5.74, 6) is -0.548. The van der Waals surface area contributed by atoms with E-state index in [0.717, 1.165) is 12.8 Å². The van der Waals surface area contributed by atoms with Crippen LogP contribution in [0.1, 0.15) is 33.1 Å². The van der Waals surface area contributed by atoms with Crippen molar-refractivity contribution in [2.75, 3.05) is 5.88 Å². The molecule has 88 valence electrons. The Hall–Kier alpha value is -0.770. The molecule has 0 spiro atoms. The minimum atomic E-state index is -0.344. The maximum absolute atomic E-state index is 11.1. The summed E-state index contributed by atoms with van der Waals surface area (Å²) in [6.07, 6.45) is 2.06. The SMILES string of the molecule is CCCC(NC(=O)CCl)C(C)CC(N)=O. The molecular formula is C10H19ClN2O2. The summed E-state index contributed by atoms with van der Waals surface area (Å²) in [6.45, 7) is 3.93. The first-order chi connectivity index (χ1) is 7.01. The van der Waals surface area contributed by atoms with E-state index in [9.17, 15) is 9.59 Å². The van der Waals surface area contributed by atoms with Gasteiger partial charge in [-0.05, 0) is 12.3 Å². The van der Waals surface area contributed by atoms with Crippen molar-refractivity contribution in [3.05, 3.63) is 0 Å². The lowest BCUT2D eigenvalue weighted by molar-refractivity contribution is -0.122. The lowest BCUT2D eigenvalue weighted by Crippen LogP contribution is -2.41. The second-order valence-corrected chi connectivity index (χ2v) is 4.01. The van der Waals surface area contributed by atoms with E-state index in [1.54, 1.807) is 0 Å². The summed E-state index contributed by atoms with van der Waals surface area (Å²) in [4.78, 5) is 21.9. The first-order valence-corrected chi connectivity index (χ1v) is 5.68. The molecule has 2 unspecified atom stereocenters. The van der Waals surface area contributed by atoms with E-state index in [2.05, 4.69) is 5.32 Å². The van der Waals surface area contributed by atoms with Crippen LogP contribution in [0.25, 0.3) is 0 Å². The van der Waals surface area contributed by atoms with Crippen molar-refractivity contribution in [1.29, 1.82) is 0 Å². The number of hydrogen-bond acceptors (Lipinski definition) is 2. The molecule has 15 heavy (non-hydrogen) atoms. The molecule has 3 N–H and O–H groups in total. The Bertz CT molecular complexity index is 221. The summed E-state index contributed by atoms with van der Waals surface area (Å²) in [6, 6.07) is -0.0197. The Morgan fingerprint density at radius 3 is 2.47 bits per heavy atom. The van der Waals surface area contributed by atoms with Crippen LogP contribution in [0.4, 0.5) is 0 Å². The zero-order valence-electron chi connectivity index (χ0n) is 9.25. The van der Waals surface area contributed by atoms with E-state index in [4.69, 9.17) is 17.3 Å². The molecule has 2 amide bonds. The van der Waals surface area contributed by atoms with Crippen molar-refractivity contribution >= 4 is 23.4 Å². The van der Waals surface area contributed by atoms with Gasteiger partial charge in [-0.25, -0.2) is 0 Å². The Morgan fingerprint density at radius 2 is 2.07 bits per heavy atom. The second-order valence-electron chi connectivity index (χ2n) is 3.74. The van der Waals surface area contributed by atoms with Gasteiger partial charge in [0.05, 0.1) is 0 Å². The Labute approximate surface area is 95.5 Å². The van der Waals surface area contributed by atoms with Gasteiger partial charge < -0.3 is 11.1 Å². The third-order valence-corrected chi connectivity index (χ3v) is 2.52. The third-order valence-electron chi connectivity index (χ3n) is 2.28. The van der Waals surface area contributed by atoms with Crippen molar-refractivity contribution in [3.63, 3.8) is 0 Å². The van der Waals surface area contributed by atoms with Crippen LogP contribution >= 0.6 is 11.6 Å². The van der Waals surface area contributed by atoms with Gasteiger partial charge in [0.15, 0.2) is 0 Å². The van der Waals surface area contributed by atoms with Gasteiger partial charge >= 0.3 is 0 Å². The number of nitrogens with one attached hydrogen (secondary N) is 1. The number of carbonyl (C=O) groups excluding carboxylic acids is 2. The van der Waals surface area contributed by atoms with Gasteiger partial charge in [0.25, 0.3) is 0 Å². The molecule has 0 bridgehead atoms. The number of halogens is 1. The van der Waals surface area contributed by atoms with Crippen molar-refractivity contribution < 1.29 is 9.59 Å². The van der Waals surface area contributed by atoms with Gasteiger partial charge in [0, 0.05) is 12.5 Å². The normalized spacial score (nSPS) is 14.3. The second kappa shape index (κ2) is 7.51. The van der Waals surface area contributed by atoms with Crippen molar-refractivity contribution in [2.24, 2.45) is 11.7 Å². The number of amides is 2. The number of rotatable bonds is 7. The van der Waals surface area contributed by atoms with E-state index in [1.165, 1.54) is 0 Å². The lowest BCUT2D eigenvalue weighted by atomic mass is 9.94. The maximum atomic E-state index is 11.1. The van der Waals surface area contributed by atoms with Gasteiger partial charge in [0.2, 0.25) is 11.8 Å². The number of hydrogen-bond donors (Lipinski definition) is 2. The van der Waals surface area contributed by atoms with Crippen LogP contribution in [0, 0.1) is 5.92 Å². The van der Waals surface area contributed by atoms with Crippen molar-refractivity contribution in [2.45, 2.75) is 39.2 Å². The molecule has 0 aliphatic carbocycles. The molecule has 5 heteroatoms. The van der Waals surface area contributed by atoms with Gasteiger partial charge in [-0.2, -0.15) is 0 Å². The fourth-order valence-electron chi connectivity index (χ4n) is 1.51. The van der Waals surface area contributed by atoms with E-state index in [0.29, 0.717) is 0 Å². The Kier molecular flexibility index (Phi) is 7.13. The molecule has 0 aromatic heterocycles. The van der Waals surface area contributed by atoms with E-state index in [1.807, 2.05) is 13.8 Å². The first-order valence-electron chi connectivity index (χ1n) is 5.14. The monoisotopic (exact) mass is 234 g/mol. The third kappa shape index (κ3) is 6.33. The molecule has 0 saturated carbocycles. The highest BCUT2D eigenvalue weighted by molar-refractivity contribution is 6.27. The highest BCUT2D eigenvalue weighted by Gasteiger charge is 2.19. The molecule has 4 nitrogen and oxygen atoms in total. The Morgan fingerprint density at radius 1 is 1.47 bits per heavy atom. The molecule has 2 atom stereocenters. The molecular weight excluding hydrogens is 216 g/mol. The zero-order chi connectivity index (χ0) is 11.8. The van der Waals surface area contributed by atoms with Crippen LogP contribution in [-0.4, -0.2) is 23.7 Å². The Balaban J connectivity index is 4.23. The lowest BCUT2D eigenvalue weighted by Gasteiger charge is -2.23. The van der Waals surface area contributed by atoms with Crippen LogP contribution in [0.2, 0.25) is 0 Å². The average Bonchev–Trinajstić information content (AvgIpc) is 2.15. The zero-order valence-corrected chi connectivity index (χ0v) is 10.0. The van der Waals surface area contributed by atoms with Crippen LogP contribution in [0.5, 0.6) is 0 Å². The van der Waals surface area contributed by atoms with Gasteiger partial charge in [-0.15, -0.1) is 11.6 Å². The predicted molar refractivity (Wildman–Crippen MR) is 60.5 cm³/mol. The summed E-state index contributed by atoms with van der Waals surface area (Å²) in [7, 11) is 0. The standard InChI is InChI=1S/C10H19ClN2O2/c1-3-4-8(13-10(15)6-11)7(2)5-9(12)14/h7-8H,3-6H2,1-2H3,(H2,12,14)(H,13,15). The number of primary amides is 1. The quantitative estimate of drug-likeness (QED) is 0.646. The molecule has 0 fully saturated rings. The summed E-state index contributed by atoms with van der Waals surface area (Å²) in [5.41, 5.74) is 5.11. The molecule has 0 aromatic carbocycles. The minimum Gasteiger partial charge on any atom is -0.370 e. The highest BCUT2D eigenvalue weighted by atomic mass is 35.5. The smallest absolute Gasteiger partial charge is 0.235 e. The molecule has 0 rings (SSSR count). The average molecular weight is 235 g/mol. The van der Waals surface area contributed by atoms with Gasteiger partial charge in [0.1, 0.15) is 5.88 Å². The van der Waals surface area contributed by atoms with Gasteiger partial charge in [-0.1, -0.05) is 20.3 Å². The van der Waals surface area contributed by atoms with E-state index >= 15 is 0 Å². The van der Waals surface area contributed by atoms with Gasteiger partial charge in [-0.3, -0.25) is 9.59 Å². The molecule has 0 heterocycles. The van der Waals surface area contributed by atoms with Crippen LogP contribution in [0.15, 0.2) is 0 Å². The van der Waals surface area contributed by atoms with Crippen LogP contribution in [0.3, 0.4) is 0 Å². The summed E-state index contributed by atoms with van der Waals surface area (Å²) >= 11 is 5.40. The molecule has 0 aliphatic heterocycles. The van der Waals surface area contributed by atoms with E-state index in [-0.39, 0.29) is 36.1 Å². The fourth-order valence-corrected chi connectivity index (χ4v) is 1.59. The maximum Gasteiger partial charge on any atom is 0.235 e. The summed E-state index contributed by atoms with van der Waals surface area (Å²) < 4.78 is 0. The molecule has 0 radical (unpaired) electrons. The fraction of sp³-hybridized carbons (Fsp3) is 0.800. The number of carbonyl (C=O) groups is 2. The van der Waals surface area contributed by atoms with Crippen LogP contribution < -0.4 is 11.1 Å². The van der Waals surface area contributed by atoms with E-state index < -0.39 is 0 Å². The first kappa shape index (κ1) is 14.2. The van der Waals surface area contributed by atoms with Crippen LogP contribution in [-0.2, 0) is 9.59 Å². The highest BCUT2D eigenvalue weighted by Crippen LogP contribution is 2.13. The number of alkyl halides is 1. The van der Waals surface area contributed by atoms with Crippen molar-refractivity contribution in [3.8, 4) is 0 Å². The molecule has 0 aliphatic rings.